The number of halogens is 1. The van der Waals surface area contributed by atoms with Crippen LogP contribution in [0, 0.1) is 5.92 Å². The molecule has 132 valence electrons. The number of amides is 1. The molecule has 3 N–H and O–H groups in total. The van der Waals surface area contributed by atoms with E-state index >= 15 is 0 Å². The van der Waals surface area contributed by atoms with Gasteiger partial charge in [0.05, 0.1) is 6.54 Å². The molecule has 0 aliphatic heterocycles. The van der Waals surface area contributed by atoms with E-state index in [1.54, 1.807) is 7.05 Å². The Hall–Kier alpha value is -0.530. The molecule has 6 heteroatoms. The Balaban J connectivity index is 0. The Bertz CT molecular complexity index is 327. The molecule has 0 saturated heterocycles. The molecule has 0 radical (unpaired) electrons. The van der Waals surface area contributed by atoms with E-state index in [9.17, 15) is 4.79 Å². The number of nitrogens with one attached hydrogen (secondary N) is 3. The minimum absolute atomic E-state index is 0. The van der Waals surface area contributed by atoms with Crippen molar-refractivity contribution >= 4 is 35.8 Å². The van der Waals surface area contributed by atoms with Crippen LogP contribution < -0.4 is 16.0 Å². The average Bonchev–Trinajstić information content (AvgIpc) is 2.40. The lowest BCUT2D eigenvalue weighted by atomic mass is 9.99. The van der Waals surface area contributed by atoms with E-state index in [1.807, 2.05) is 20.8 Å². The summed E-state index contributed by atoms with van der Waals surface area (Å²) in [6.07, 6.45) is 4.90. The highest BCUT2D eigenvalue weighted by Crippen LogP contribution is 2.10. The van der Waals surface area contributed by atoms with Gasteiger partial charge >= 0.3 is 0 Å². The first-order chi connectivity index (χ1) is 9.82. The van der Waals surface area contributed by atoms with Crippen LogP contribution in [0.2, 0.25) is 0 Å². The van der Waals surface area contributed by atoms with E-state index in [2.05, 4.69) is 34.8 Å². The van der Waals surface area contributed by atoms with E-state index in [1.165, 1.54) is 19.3 Å². The van der Waals surface area contributed by atoms with Gasteiger partial charge in [0, 0.05) is 19.1 Å². The minimum Gasteiger partial charge on any atom is -0.356 e. The lowest BCUT2D eigenvalue weighted by Gasteiger charge is -2.21. The monoisotopic (exact) mass is 426 g/mol. The van der Waals surface area contributed by atoms with Gasteiger partial charge in [0.1, 0.15) is 0 Å². The summed E-state index contributed by atoms with van der Waals surface area (Å²) in [6.45, 7) is 11.5. The molecule has 1 amide bonds. The second-order valence-corrected chi connectivity index (χ2v) is 6.52. The average molecular weight is 426 g/mol. The van der Waals surface area contributed by atoms with Crippen LogP contribution in [-0.2, 0) is 4.79 Å². The number of guanidine groups is 1. The molecule has 0 aromatic heterocycles. The predicted molar refractivity (Wildman–Crippen MR) is 106 cm³/mol. The first-order valence-electron chi connectivity index (χ1n) is 8.07. The molecule has 0 aromatic rings. The van der Waals surface area contributed by atoms with Crippen molar-refractivity contribution in [3.63, 3.8) is 0 Å². The lowest BCUT2D eigenvalue weighted by Crippen LogP contribution is -2.48. The van der Waals surface area contributed by atoms with Gasteiger partial charge in [0.15, 0.2) is 5.96 Å². The summed E-state index contributed by atoms with van der Waals surface area (Å²) < 4.78 is 0. The topological polar surface area (TPSA) is 65.5 Å². The van der Waals surface area contributed by atoms with Gasteiger partial charge in [0.25, 0.3) is 0 Å². The largest absolute Gasteiger partial charge is 0.356 e. The van der Waals surface area contributed by atoms with Gasteiger partial charge in [0.2, 0.25) is 5.91 Å². The third-order valence-electron chi connectivity index (χ3n) is 3.26. The Labute approximate surface area is 153 Å². The zero-order valence-electron chi connectivity index (χ0n) is 15.1. The summed E-state index contributed by atoms with van der Waals surface area (Å²) >= 11 is 0. The number of hydrogen-bond acceptors (Lipinski definition) is 2. The van der Waals surface area contributed by atoms with Crippen LogP contribution in [0.4, 0.5) is 0 Å². The third-order valence-corrected chi connectivity index (χ3v) is 3.26. The third kappa shape index (κ3) is 13.2. The summed E-state index contributed by atoms with van der Waals surface area (Å²) in [5, 5.41) is 9.28. The van der Waals surface area contributed by atoms with Crippen LogP contribution in [0.1, 0.15) is 60.3 Å². The van der Waals surface area contributed by atoms with Crippen molar-refractivity contribution in [1.29, 1.82) is 0 Å². The van der Waals surface area contributed by atoms with E-state index in [-0.39, 0.29) is 42.0 Å². The van der Waals surface area contributed by atoms with Crippen molar-refractivity contribution < 1.29 is 4.79 Å². The number of carbonyl (C=O) groups is 1. The van der Waals surface area contributed by atoms with Crippen LogP contribution in [0.3, 0.4) is 0 Å². The molecule has 0 aliphatic carbocycles. The van der Waals surface area contributed by atoms with E-state index in [4.69, 9.17) is 0 Å². The highest BCUT2D eigenvalue weighted by atomic mass is 127. The second-order valence-electron chi connectivity index (χ2n) is 6.52. The van der Waals surface area contributed by atoms with Crippen LogP contribution in [0.15, 0.2) is 4.99 Å². The molecular formula is C16H35IN4O. The molecule has 0 spiro atoms. The number of aliphatic imine (C=N–C) groups is 1. The normalized spacial score (nSPS) is 13.1. The number of nitrogens with zero attached hydrogens (tertiary/aromatic N) is 1. The van der Waals surface area contributed by atoms with Crippen LogP contribution >= 0.6 is 24.0 Å². The molecule has 5 nitrogen and oxygen atoms in total. The molecule has 0 aromatic carbocycles. The summed E-state index contributed by atoms with van der Waals surface area (Å²) in [6, 6.07) is 0. The first kappa shape index (κ1) is 23.7. The molecule has 0 heterocycles. The number of hydrogen-bond donors (Lipinski definition) is 3. The molecular weight excluding hydrogens is 391 g/mol. The van der Waals surface area contributed by atoms with Crippen molar-refractivity contribution in [2.45, 2.75) is 65.8 Å². The second kappa shape index (κ2) is 13.0. The maximum Gasteiger partial charge on any atom is 0.239 e. The molecule has 0 bridgehead atoms. The number of unbranched alkanes of at least 4 members (excludes halogenated alkanes) is 1. The molecule has 0 saturated carbocycles. The van der Waals surface area contributed by atoms with Crippen LogP contribution in [0.5, 0.6) is 0 Å². The highest BCUT2D eigenvalue weighted by Gasteiger charge is 2.14. The maximum atomic E-state index is 11.8. The zero-order valence-corrected chi connectivity index (χ0v) is 17.4. The van der Waals surface area contributed by atoms with Crippen LogP contribution in [-0.4, -0.2) is 37.5 Å². The standard InChI is InChI=1S/C16H34N4O.HI/c1-7-9-10-13(8-2)11-18-15(17-6)19-12-14(21)20-16(3,4)5;/h13H,7-12H2,1-6H3,(H,20,21)(H2,17,18,19);1H. The van der Waals surface area contributed by atoms with Crippen LogP contribution in [0.25, 0.3) is 0 Å². The van der Waals surface area contributed by atoms with E-state index in [0.717, 1.165) is 13.0 Å². The van der Waals surface area contributed by atoms with Crippen molar-refractivity contribution in [1.82, 2.24) is 16.0 Å². The van der Waals surface area contributed by atoms with Gasteiger partial charge in [-0.1, -0.05) is 33.1 Å². The summed E-state index contributed by atoms with van der Waals surface area (Å²) in [4.78, 5) is 15.9. The number of rotatable bonds is 8. The maximum absolute atomic E-state index is 11.8. The van der Waals surface area contributed by atoms with Gasteiger partial charge in [-0.2, -0.15) is 0 Å². The lowest BCUT2D eigenvalue weighted by molar-refractivity contribution is -0.121. The Morgan fingerprint density at radius 2 is 1.82 bits per heavy atom. The fraction of sp³-hybridized carbons (Fsp3) is 0.875. The van der Waals surface area contributed by atoms with Gasteiger partial charge in [-0.3, -0.25) is 9.79 Å². The Kier molecular flexibility index (Phi) is 14.0. The van der Waals surface area contributed by atoms with E-state index in [0.29, 0.717) is 11.9 Å². The minimum atomic E-state index is -0.205. The van der Waals surface area contributed by atoms with Gasteiger partial charge in [-0.15, -0.1) is 24.0 Å². The van der Waals surface area contributed by atoms with Crippen molar-refractivity contribution in [3.8, 4) is 0 Å². The Morgan fingerprint density at radius 3 is 2.27 bits per heavy atom. The zero-order chi connectivity index (χ0) is 16.3. The Morgan fingerprint density at radius 1 is 1.18 bits per heavy atom. The SMILES string of the molecule is CCCCC(CC)CNC(=NC)NCC(=O)NC(C)(C)C.I. The fourth-order valence-corrected chi connectivity index (χ4v) is 2.03. The quantitative estimate of drug-likeness (QED) is 0.318. The predicted octanol–water partition coefficient (Wildman–Crippen LogP) is 2.90. The smallest absolute Gasteiger partial charge is 0.239 e. The summed E-state index contributed by atoms with van der Waals surface area (Å²) in [7, 11) is 1.73. The molecule has 0 fully saturated rings. The molecule has 22 heavy (non-hydrogen) atoms. The molecule has 0 aliphatic rings. The van der Waals surface area contributed by atoms with Crippen molar-refractivity contribution in [3.05, 3.63) is 0 Å². The van der Waals surface area contributed by atoms with Gasteiger partial charge < -0.3 is 16.0 Å². The number of carbonyl (C=O) groups excluding carboxylic acids is 1. The molecule has 1 unspecified atom stereocenters. The summed E-state index contributed by atoms with van der Waals surface area (Å²) in [5.74, 6) is 1.32. The van der Waals surface area contributed by atoms with Gasteiger partial charge in [-0.25, -0.2) is 0 Å². The fourth-order valence-electron chi connectivity index (χ4n) is 2.03. The molecule has 1 atom stereocenters. The first-order valence-corrected chi connectivity index (χ1v) is 8.07. The van der Waals surface area contributed by atoms with Crippen molar-refractivity contribution in [2.75, 3.05) is 20.1 Å². The van der Waals surface area contributed by atoms with Crippen molar-refractivity contribution in [2.24, 2.45) is 10.9 Å². The van der Waals surface area contributed by atoms with E-state index < -0.39 is 0 Å². The van der Waals surface area contributed by atoms with Gasteiger partial charge in [-0.05, 0) is 33.1 Å². The summed E-state index contributed by atoms with van der Waals surface area (Å²) in [5.41, 5.74) is -0.205. The highest BCUT2D eigenvalue weighted by molar-refractivity contribution is 14.0. The molecule has 0 rings (SSSR count).